The van der Waals surface area contributed by atoms with Crippen LogP contribution in [0.25, 0.3) is 22.0 Å². The highest BCUT2D eigenvalue weighted by atomic mass is 35.5. The molecule has 0 unspecified atom stereocenters. The summed E-state index contributed by atoms with van der Waals surface area (Å²) in [5.74, 6) is -0.235. The third-order valence-corrected chi connectivity index (χ3v) is 8.08. The minimum absolute atomic E-state index is 0.103. The van der Waals surface area contributed by atoms with E-state index in [4.69, 9.17) is 21.1 Å². The standard InChI is InChI=1S/C25H25ClF4N4O3S/c1-36-8-9-37-15-12-34-21-16(23(32-24(34)35)33-6-4-31-5-7-33)11-17(25(28,29)30)20(22(21)38-13-15)14-2-3-19(27)18(26)10-14/h2-3,10-11,15,31H,4-9,12-13H2,1H3/t15-/m1/s1. The van der Waals surface area contributed by atoms with E-state index in [0.717, 1.165) is 12.1 Å². The average Bonchev–Trinajstić information content (AvgIpc) is 3.08. The van der Waals surface area contributed by atoms with Crippen LogP contribution in [-0.2, 0) is 22.2 Å². The van der Waals surface area contributed by atoms with Gasteiger partial charge in [0.25, 0.3) is 0 Å². The zero-order valence-electron chi connectivity index (χ0n) is 20.4. The van der Waals surface area contributed by atoms with Gasteiger partial charge in [-0.1, -0.05) is 17.7 Å². The molecule has 0 bridgehead atoms. The molecule has 0 saturated carbocycles. The third kappa shape index (κ3) is 5.24. The Morgan fingerprint density at radius 1 is 1.21 bits per heavy atom. The van der Waals surface area contributed by atoms with Gasteiger partial charge in [0.1, 0.15) is 11.6 Å². The van der Waals surface area contributed by atoms with Crippen molar-refractivity contribution in [2.45, 2.75) is 23.7 Å². The summed E-state index contributed by atoms with van der Waals surface area (Å²) in [5, 5.41) is 3.14. The molecule has 1 N–H and O–H groups in total. The summed E-state index contributed by atoms with van der Waals surface area (Å²) in [6.07, 6.45) is -5.22. The quantitative estimate of drug-likeness (QED) is 0.346. The van der Waals surface area contributed by atoms with Gasteiger partial charge in [0.2, 0.25) is 0 Å². The maximum Gasteiger partial charge on any atom is 0.417 e. The lowest BCUT2D eigenvalue weighted by Gasteiger charge is -2.30. The second-order valence-electron chi connectivity index (χ2n) is 9.01. The highest BCUT2D eigenvalue weighted by Crippen LogP contribution is 2.48. The third-order valence-electron chi connectivity index (χ3n) is 6.57. The molecular formula is C25H25ClF4N4O3S. The number of hydrogen-bond donors (Lipinski definition) is 1. The van der Waals surface area contributed by atoms with E-state index in [1.54, 1.807) is 0 Å². The number of rotatable bonds is 6. The lowest BCUT2D eigenvalue weighted by Crippen LogP contribution is -2.45. The van der Waals surface area contributed by atoms with Crippen LogP contribution in [0, 0.1) is 5.82 Å². The molecule has 3 aromatic rings. The molecule has 2 aliphatic heterocycles. The minimum Gasteiger partial charge on any atom is -0.382 e. The molecule has 2 aliphatic rings. The molecule has 1 aromatic heterocycles. The molecule has 1 fully saturated rings. The van der Waals surface area contributed by atoms with Gasteiger partial charge in [-0.25, -0.2) is 9.18 Å². The van der Waals surface area contributed by atoms with Crippen molar-refractivity contribution in [1.29, 1.82) is 0 Å². The van der Waals surface area contributed by atoms with E-state index in [1.807, 2.05) is 4.90 Å². The first-order valence-corrected chi connectivity index (χ1v) is 13.4. The van der Waals surface area contributed by atoms with E-state index >= 15 is 0 Å². The molecule has 0 radical (unpaired) electrons. The monoisotopic (exact) mass is 572 g/mol. The number of aromatic nitrogens is 2. The zero-order chi connectivity index (χ0) is 27.0. The Labute approximate surface area is 225 Å². The van der Waals surface area contributed by atoms with Crippen molar-refractivity contribution in [1.82, 2.24) is 14.9 Å². The largest absolute Gasteiger partial charge is 0.417 e. The summed E-state index contributed by atoms with van der Waals surface area (Å²) in [6.45, 7) is 2.92. The molecule has 13 heteroatoms. The van der Waals surface area contributed by atoms with Gasteiger partial charge < -0.3 is 19.7 Å². The number of anilines is 1. The maximum absolute atomic E-state index is 14.6. The molecule has 0 aliphatic carbocycles. The summed E-state index contributed by atoms with van der Waals surface area (Å²) in [4.78, 5) is 19.8. The van der Waals surface area contributed by atoms with Gasteiger partial charge in [0, 0.05) is 54.9 Å². The molecule has 5 rings (SSSR count). The van der Waals surface area contributed by atoms with Gasteiger partial charge in [0.15, 0.2) is 0 Å². The first-order valence-electron chi connectivity index (χ1n) is 12.0. The first kappa shape index (κ1) is 27.2. The number of piperazine rings is 1. The molecule has 2 aromatic carbocycles. The Morgan fingerprint density at radius 2 is 1.97 bits per heavy atom. The zero-order valence-corrected chi connectivity index (χ0v) is 22.0. The van der Waals surface area contributed by atoms with Crippen molar-refractivity contribution in [3.05, 3.63) is 51.2 Å². The number of hydrogen-bond acceptors (Lipinski definition) is 7. The molecule has 0 amide bonds. The number of thioether (sulfide) groups is 1. The van der Waals surface area contributed by atoms with E-state index < -0.39 is 29.4 Å². The predicted octanol–water partition coefficient (Wildman–Crippen LogP) is 4.42. The molecule has 7 nitrogen and oxygen atoms in total. The van der Waals surface area contributed by atoms with E-state index in [0.29, 0.717) is 38.3 Å². The number of nitrogens with zero attached hydrogens (tertiary/aromatic N) is 3. The van der Waals surface area contributed by atoms with Crippen LogP contribution in [0.5, 0.6) is 0 Å². The molecule has 38 heavy (non-hydrogen) atoms. The highest BCUT2D eigenvalue weighted by Gasteiger charge is 2.38. The summed E-state index contributed by atoms with van der Waals surface area (Å²) in [6, 6.07) is 4.55. The van der Waals surface area contributed by atoms with Crippen LogP contribution >= 0.6 is 23.4 Å². The molecular weight excluding hydrogens is 548 g/mol. The van der Waals surface area contributed by atoms with Gasteiger partial charge in [-0.2, -0.15) is 18.2 Å². The molecule has 204 valence electrons. The fourth-order valence-corrected chi connectivity index (χ4v) is 6.28. The summed E-state index contributed by atoms with van der Waals surface area (Å²) in [5.41, 5.74) is -1.17. The van der Waals surface area contributed by atoms with Crippen LogP contribution < -0.4 is 15.9 Å². The first-order chi connectivity index (χ1) is 18.2. The van der Waals surface area contributed by atoms with Crippen molar-refractivity contribution in [2.24, 2.45) is 0 Å². The second-order valence-corrected chi connectivity index (χ2v) is 10.5. The lowest BCUT2D eigenvalue weighted by atomic mass is 9.96. The van der Waals surface area contributed by atoms with E-state index in [1.165, 1.54) is 35.6 Å². The number of halogens is 5. The fraction of sp³-hybridized carbons (Fsp3) is 0.440. The van der Waals surface area contributed by atoms with E-state index in [2.05, 4.69) is 10.3 Å². The van der Waals surface area contributed by atoms with Gasteiger partial charge in [-0.05, 0) is 23.8 Å². The Morgan fingerprint density at radius 3 is 2.66 bits per heavy atom. The summed E-state index contributed by atoms with van der Waals surface area (Å²) < 4.78 is 70.3. The summed E-state index contributed by atoms with van der Waals surface area (Å²) >= 11 is 7.17. The SMILES string of the molecule is COCCO[C@H]1CSc2c(-c3ccc(F)c(Cl)c3)c(C(F)(F)F)cc3c(N4CCNCC4)nc(=O)n(c23)C1. The van der Waals surface area contributed by atoms with E-state index in [-0.39, 0.29) is 51.2 Å². The van der Waals surface area contributed by atoms with Crippen molar-refractivity contribution >= 4 is 40.1 Å². The Kier molecular flexibility index (Phi) is 7.88. The minimum atomic E-state index is -4.75. The van der Waals surface area contributed by atoms with Gasteiger partial charge in [-0.15, -0.1) is 11.8 Å². The number of methoxy groups -OCH3 is 1. The van der Waals surface area contributed by atoms with Gasteiger partial charge in [0.05, 0.1) is 42.0 Å². The van der Waals surface area contributed by atoms with Crippen molar-refractivity contribution < 1.29 is 27.0 Å². The fourth-order valence-electron chi connectivity index (χ4n) is 4.81. The van der Waals surface area contributed by atoms with Crippen LogP contribution in [0.15, 0.2) is 34.0 Å². The van der Waals surface area contributed by atoms with Crippen LogP contribution in [0.2, 0.25) is 5.02 Å². The number of alkyl halides is 3. The lowest BCUT2D eigenvalue weighted by molar-refractivity contribution is -0.137. The molecule has 1 atom stereocenters. The number of ether oxygens (including phenoxy) is 2. The molecule has 3 heterocycles. The Bertz CT molecular complexity index is 1410. The van der Waals surface area contributed by atoms with Crippen molar-refractivity contribution in [3.8, 4) is 11.1 Å². The van der Waals surface area contributed by atoms with Crippen LogP contribution in [0.1, 0.15) is 5.56 Å². The Hall–Kier alpha value is -2.38. The van der Waals surface area contributed by atoms with E-state index in [9.17, 15) is 22.4 Å². The normalized spacial score (nSPS) is 18.2. The number of nitrogens with one attached hydrogen (secondary N) is 1. The average molecular weight is 573 g/mol. The molecule has 0 spiro atoms. The smallest absolute Gasteiger partial charge is 0.382 e. The molecule has 1 saturated heterocycles. The highest BCUT2D eigenvalue weighted by molar-refractivity contribution is 7.99. The van der Waals surface area contributed by atoms with Crippen LogP contribution in [-0.4, -0.2) is 67.9 Å². The summed E-state index contributed by atoms with van der Waals surface area (Å²) in [7, 11) is 1.53. The maximum atomic E-state index is 14.6. The Balaban J connectivity index is 1.82. The van der Waals surface area contributed by atoms with Gasteiger partial charge >= 0.3 is 11.9 Å². The number of benzene rings is 2. The van der Waals surface area contributed by atoms with Gasteiger partial charge in [-0.3, -0.25) is 4.57 Å². The topological polar surface area (TPSA) is 68.6 Å². The van der Waals surface area contributed by atoms with Crippen LogP contribution in [0.3, 0.4) is 0 Å². The van der Waals surface area contributed by atoms with Crippen molar-refractivity contribution in [3.63, 3.8) is 0 Å². The van der Waals surface area contributed by atoms with Crippen LogP contribution in [0.4, 0.5) is 23.4 Å². The van der Waals surface area contributed by atoms with Crippen molar-refractivity contribution in [2.75, 3.05) is 57.2 Å². The second kappa shape index (κ2) is 11.0. The predicted molar refractivity (Wildman–Crippen MR) is 139 cm³/mol.